The average molecular weight is 399 g/mol. The van der Waals surface area contributed by atoms with Gasteiger partial charge in [0.25, 0.3) is 0 Å². The third kappa shape index (κ3) is 4.98. The van der Waals surface area contributed by atoms with Crippen LogP contribution in [0.15, 0.2) is 54.6 Å². The molecule has 2 bridgehead atoms. The number of esters is 2. The summed E-state index contributed by atoms with van der Waals surface area (Å²) in [7, 11) is 0. The molecule has 4 heteroatoms. The summed E-state index contributed by atoms with van der Waals surface area (Å²) in [6.07, 6.45) is 3.58. The molecular weight excluding hydrogens is 364 g/mol. The predicted octanol–water partition coefficient (Wildman–Crippen LogP) is 5.63. The molecule has 0 heterocycles. The third-order valence-corrected chi connectivity index (χ3v) is 6.87. The lowest BCUT2D eigenvalue weighted by Crippen LogP contribution is -2.38. The second kappa shape index (κ2) is 8.98. The zero-order valence-electron chi connectivity index (χ0n) is 18.4. The predicted molar refractivity (Wildman–Crippen MR) is 115 cm³/mol. The highest BCUT2D eigenvalue weighted by molar-refractivity contribution is 5.87. The first-order valence-corrected chi connectivity index (χ1v) is 10.2. The zero-order chi connectivity index (χ0) is 21.8. The van der Waals surface area contributed by atoms with E-state index in [0.717, 1.165) is 12.0 Å². The minimum absolute atomic E-state index is 0.0884. The molecule has 3 atom stereocenters. The van der Waals surface area contributed by atoms with E-state index >= 15 is 0 Å². The van der Waals surface area contributed by atoms with Gasteiger partial charge in [-0.15, -0.1) is 0 Å². The third-order valence-electron chi connectivity index (χ3n) is 6.87. The fourth-order valence-corrected chi connectivity index (χ4v) is 4.38. The number of fused-ring (bicyclic) bond motifs is 2. The van der Waals surface area contributed by atoms with Crippen LogP contribution in [0.4, 0.5) is 0 Å². The molecule has 2 aliphatic rings. The van der Waals surface area contributed by atoms with Gasteiger partial charge in [-0.3, -0.25) is 0 Å². The smallest absolute Gasteiger partial charge is 0.333 e. The monoisotopic (exact) mass is 398 g/mol. The van der Waals surface area contributed by atoms with E-state index in [1.54, 1.807) is 13.8 Å². The molecule has 29 heavy (non-hydrogen) atoms. The molecule has 1 unspecified atom stereocenters. The highest BCUT2D eigenvalue weighted by Gasteiger charge is 2.62. The average Bonchev–Trinajstić information content (AvgIpc) is 3.00. The van der Waals surface area contributed by atoms with Crippen LogP contribution in [0.5, 0.6) is 0 Å². The fourth-order valence-electron chi connectivity index (χ4n) is 4.38. The molecule has 3 rings (SSSR count). The van der Waals surface area contributed by atoms with Crippen molar-refractivity contribution in [3.63, 3.8) is 0 Å². The first-order valence-electron chi connectivity index (χ1n) is 10.2. The van der Waals surface area contributed by atoms with Gasteiger partial charge < -0.3 is 9.47 Å². The Bertz CT molecular complexity index is 777. The van der Waals surface area contributed by atoms with Crippen LogP contribution in [0.3, 0.4) is 0 Å². The van der Waals surface area contributed by atoms with Gasteiger partial charge in [0.15, 0.2) is 0 Å². The Kier molecular flexibility index (Phi) is 7.10. The van der Waals surface area contributed by atoms with E-state index in [1.165, 1.54) is 12.8 Å². The Hall–Kier alpha value is -2.36. The molecule has 0 aliphatic heterocycles. The number of hydrogen-bond donors (Lipinski definition) is 0. The summed E-state index contributed by atoms with van der Waals surface area (Å²) < 4.78 is 10.6. The zero-order valence-corrected chi connectivity index (χ0v) is 18.4. The quantitative estimate of drug-likeness (QED) is 0.477. The van der Waals surface area contributed by atoms with E-state index in [-0.39, 0.29) is 23.5 Å². The van der Waals surface area contributed by atoms with Gasteiger partial charge >= 0.3 is 11.9 Å². The Balaban J connectivity index is 0.000000212. The first-order chi connectivity index (χ1) is 13.5. The number of hydrogen-bond acceptors (Lipinski definition) is 4. The van der Waals surface area contributed by atoms with Gasteiger partial charge in [0.2, 0.25) is 0 Å². The van der Waals surface area contributed by atoms with Crippen molar-refractivity contribution in [2.75, 3.05) is 0 Å². The van der Waals surface area contributed by atoms with Crippen LogP contribution in [-0.4, -0.2) is 18.0 Å². The van der Waals surface area contributed by atoms with Crippen molar-refractivity contribution in [3.8, 4) is 0 Å². The van der Waals surface area contributed by atoms with Gasteiger partial charge in [0.05, 0.1) is 0 Å². The number of carbonyl (C=O) groups excluding carboxylic acids is 2. The van der Waals surface area contributed by atoms with Crippen molar-refractivity contribution >= 4 is 11.9 Å². The number of benzene rings is 1. The molecule has 0 spiro atoms. The number of ether oxygens (including phenoxy) is 2. The summed E-state index contributed by atoms with van der Waals surface area (Å²) in [4.78, 5) is 22.6. The first kappa shape index (κ1) is 22.9. The van der Waals surface area contributed by atoms with Crippen molar-refractivity contribution in [1.82, 2.24) is 0 Å². The van der Waals surface area contributed by atoms with Crippen molar-refractivity contribution in [1.29, 1.82) is 0 Å². The SMILES string of the molecule is C=C(C)C(=O)OC1C[C@H]2CC[C@@]1(C)C2(C)C.C=C(C)C(=O)OCc1ccccc1. The van der Waals surface area contributed by atoms with Gasteiger partial charge in [-0.05, 0) is 50.0 Å². The Morgan fingerprint density at radius 1 is 1.03 bits per heavy atom. The van der Waals surface area contributed by atoms with E-state index < -0.39 is 0 Å². The summed E-state index contributed by atoms with van der Waals surface area (Å²) in [5.74, 6) is 0.138. The summed E-state index contributed by atoms with van der Waals surface area (Å²) >= 11 is 0. The standard InChI is InChI=1S/C14H22O2.C11H12O2/c1-9(2)12(15)16-11-8-10-6-7-14(11,5)13(10,3)4;1-9(2)11(12)13-8-10-6-4-3-5-7-10/h10-11H,1,6-8H2,2-5H3;3-7H,1,8H2,2H3/t10-,11?,14-;/m1./s1. The van der Waals surface area contributed by atoms with Crippen molar-refractivity contribution in [2.45, 2.75) is 66.6 Å². The molecule has 4 nitrogen and oxygen atoms in total. The van der Waals surface area contributed by atoms with E-state index in [1.807, 2.05) is 30.3 Å². The molecule has 2 aliphatic carbocycles. The van der Waals surface area contributed by atoms with E-state index in [4.69, 9.17) is 9.47 Å². The number of rotatable bonds is 5. The lowest BCUT2D eigenvalue weighted by atomic mass is 9.70. The van der Waals surface area contributed by atoms with Gasteiger partial charge in [-0.1, -0.05) is 64.3 Å². The summed E-state index contributed by atoms with van der Waals surface area (Å²) in [6.45, 7) is 17.7. The summed E-state index contributed by atoms with van der Waals surface area (Å²) in [5.41, 5.74) is 2.37. The molecule has 2 saturated carbocycles. The molecule has 0 radical (unpaired) electrons. The molecule has 2 fully saturated rings. The fraction of sp³-hybridized carbons (Fsp3) is 0.520. The highest BCUT2D eigenvalue weighted by Crippen LogP contribution is 2.66. The van der Waals surface area contributed by atoms with Crippen molar-refractivity contribution < 1.29 is 19.1 Å². The summed E-state index contributed by atoms with van der Waals surface area (Å²) in [5, 5.41) is 0. The highest BCUT2D eigenvalue weighted by atomic mass is 16.5. The van der Waals surface area contributed by atoms with Crippen LogP contribution in [0.25, 0.3) is 0 Å². The normalized spacial score (nSPS) is 26.1. The van der Waals surface area contributed by atoms with Gasteiger partial charge in [-0.25, -0.2) is 9.59 Å². The molecule has 0 N–H and O–H groups in total. The van der Waals surface area contributed by atoms with Crippen LogP contribution in [0.1, 0.15) is 59.4 Å². The Morgan fingerprint density at radius 3 is 2.07 bits per heavy atom. The van der Waals surface area contributed by atoms with Crippen LogP contribution in [0, 0.1) is 16.7 Å². The van der Waals surface area contributed by atoms with E-state index in [2.05, 4.69) is 33.9 Å². The lowest BCUT2D eigenvalue weighted by Gasteiger charge is -2.38. The maximum absolute atomic E-state index is 11.6. The molecular formula is C25H34O4. The van der Waals surface area contributed by atoms with Gasteiger partial charge in [-0.2, -0.15) is 0 Å². The molecule has 0 saturated heterocycles. The van der Waals surface area contributed by atoms with Gasteiger partial charge in [0, 0.05) is 16.6 Å². The maximum Gasteiger partial charge on any atom is 0.333 e. The topological polar surface area (TPSA) is 52.6 Å². The van der Waals surface area contributed by atoms with Crippen LogP contribution in [-0.2, 0) is 25.7 Å². The largest absolute Gasteiger partial charge is 0.458 e. The Morgan fingerprint density at radius 2 is 1.62 bits per heavy atom. The second-order valence-electron chi connectivity index (χ2n) is 9.13. The van der Waals surface area contributed by atoms with E-state index in [0.29, 0.717) is 29.1 Å². The molecule has 1 aromatic rings. The van der Waals surface area contributed by atoms with Crippen LogP contribution in [0.2, 0.25) is 0 Å². The van der Waals surface area contributed by atoms with Crippen LogP contribution < -0.4 is 0 Å². The molecule has 158 valence electrons. The molecule has 1 aromatic carbocycles. The van der Waals surface area contributed by atoms with Crippen molar-refractivity contribution in [3.05, 3.63) is 60.2 Å². The molecule has 0 amide bonds. The minimum Gasteiger partial charge on any atom is -0.458 e. The minimum atomic E-state index is -0.344. The molecule has 0 aromatic heterocycles. The van der Waals surface area contributed by atoms with Crippen LogP contribution >= 0.6 is 0 Å². The van der Waals surface area contributed by atoms with E-state index in [9.17, 15) is 9.59 Å². The van der Waals surface area contributed by atoms with Gasteiger partial charge in [0.1, 0.15) is 12.7 Å². The second-order valence-corrected chi connectivity index (χ2v) is 9.13. The number of carbonyl (C=O) groups is 2. The lowest BCUT2D eigenvalue weighted by molar-refractivity contribution is -0.152. The maximum atomic E-state index is 11.6. The van der Waals surface area contributed by atoms with Crippen molar-refractivity contribution in [2.24, 2.45) is 16.7 Å². The Labute approximate surface area is 175 Å². The summed E-state index contributed by atoms with van der Waals surface area (Å²) in [6, 6.07) is 9.55.